The Labute approximate surface area is 133 Å². The number of halogens is 3. The normalized spacial score (nSPS) is 11.0. The number of benzene rings is 1. The van der Waals surface area contributed by atoms with Crippen LogP contribution in [0.4, 0.5) is 18.0 Å². The summed E-state index contributed by atoms with van der Waals surface area (Å²) in [5.74, 6) is -0.277. The lowest BCUT2D eigenvalue weighted by Crippen LogP contribution is -2.44. The topological polar surface area (TPSA) is 106 Å². The lowest BCUT2D eigenvalue weighted by atomic mass is 10.2. The molecular weight excluding hydrogens is 333 g/mol. The Hall–Kier alpha value is -3.11. The minimum atomic E-state index is -4.56. The predicted molar refractivity (Wildman–Crippen MR) is 72.8 cm³/mol. The molecule has 3 amide bonds. The van der Waals surface area contributed by atoms with Gasteiger partial charge in [0.1, 0.15) is 12.3 Å². The molecule has 2 rings (SSSR count). The van der Waals surface area contributed by atoms with E-state index >= 15 is 0 Å². The first kappa shape index (κ1) is 17.2. The van der Waals surface area contributed by atoms with E-state index in [0.717, 1.165) is 0 Å². The summed E-state index contributed by atoms with van der Waals surface area (Å²) in [6.45, 7) is -2.08. The van der Waals surface area contributed by atoms with Crippen LogP contribution in [0.1, 0.15) is 0 Å². The molecule has 2 N–H and O–H groups in total. The van der Waals surface area contributed by atoms with Crippen molar-refractivity contribution in [1.29, 1.82) is 0 Å². The Morgan fingerprint density at radius 3 is 2.50 bits per heavy atom. The van der Waals surface area contributed by atoms with Gasteiger partial charge >= 0.3 is 12.2 Å². The molecule has 0 saturated carbocycles. The maximum absolute atomic E-state index is 11.9. The Morgan fingerprint density at radius 2 is 1.92 bits per heavy atom. The largest absolute Gasteiger partial charge is 0.484 e. The van der Waals surface area contributed by atoms with Crippen LogP contribution in [-0.4, -0.2) is 41.5 Å². The number of carbonyl (C=O) groups is 2. The van der Waals surface area contributed by atoms with Gasteiger partial charge < -0.3 is 14.5 Å². The fourth-order valence-electron chi connectivity index (χ4n) is 1.53. The summed E-state index contributed by atoms with van der Waals surface area (Å²) in [7, 11) is 0. The number of hydrogen-bond donors (Lipinski definition) is 2. The zero-order valence-electron chi connectivity index (χ0n) is 12.0. The van der Waals surface area contributed by atoms with E-state index in [1.807, 2.05) is 0 Å². The molecule has 0 saturated heterocycles. The zero-order chi connectivity index (χ0) is 17.6. The van der Waals surface area contributed by atoms with Crippen LogP contribution in [0.5, 0.6) is 5.75 Å². The number of imide groups is 1. The molecule has 0 bridgehead atoms. The van der Waals surface area contributed by atoms with E-state index < -0.39 is 31.3 Å². The molecule has 0 aliphatic carbocycles. The van der Waals surface area contributed by atoms with Gasteiger partial charge in [0, 0.05) is 5.56 Å². The second-order valence-corrected chi connectivity index (χ2v) is 4.40. The average Bonchev–Trinajstić information content (AvgIpc) is 3.05. The van der Waals surface area contributed by atoms with Gasteiger partial charge in [-0.15, -0.1) is 10.2 Å². The van der Waals surface area contributed by atoms with Crippen LogP contribution in [0, 0.1) is 0 Å². The molecule has 0 aliphatic rings. The maximum atomic E-state index is 11.9. The molecule has 0 atom stereocenters. The van der Waals surface area contributed by atoms with Crippen LogP contribution >= 0.6 is 0 Å². The number of urea groups is 1. The van der Waals surface area contributed by atoms with Crippen LogP contribution in [-0.2, 0) is 4.79 Å². The first-order chi connectivity index (χ1) is 11.3. The van der Waals surface area contributed by atoms with E-state index in [-0.39, 0.29) is 0 Å². The van der Waals surface area contributed by atoms with Crippen molar-refractivity contribution < 1.29 is 31.9 Å². The minimum absolute atomic E-state index is 0.306. The van der Waals surface area contributed by atoms with Crippen LogP contribution in [0.25, 0.3) is 11.5 Å². The van der Waals surface area contributed by atoms with E-state index in [0.29, 0.717) is 17.2 Å². The van der Waals surface area contributed by atoms with Gasteiger partial charge in [0.05, 0.1) is 0 Å². The molecule has 0 unspecified atom stereocenters. The fourth-order valence-corrected chi connectivity index (χ4v) is 1.53. The second kappa shape index (κ2) is 7.44. The van der Waals surface area contributed by atoms with Crippen molar-refractivity contribution in [3.05, 3.63) is 30.7 Å². The van der Waals surface area contributed by atoms with Crippen molar-refractivity contribution >= 4 is 11.9 Å². The maximum Gasteiger partial charge on any atom is 0.405 e. The van der Waals surface area contributed by atoms with Crippen molar-refractivity contribution in [3.63, 3.8) is 0 Å². The van der Waals surface area contributed by atoms with Crippen LogP contribution in [0.3, 0.4) is 0 Å². The van der Waals surface area contributed by atoms with Gasteiger partial charge in [0.15, 0.2) is 6.61 Å². The summed E-state index contributed by atoms with van der Waals surface area (Å²) in [6.07, 6.45) is -3.38. The summed E-state index contributed by atoms with van der Waals surface area (Å²) in [4.78, 5) is 22.5. The van der Waals surface area contributed by atoms with Crippen molar-refractivity contribution in [1.82, 2.24) is 20.8 Å². The molecule has 1 aromatic carbocycles. The van der Waals surface area contributed by atoms with E-state index in [2.05, 4.69) is 10.2 Å². The van der Waals surface area contributed by atoms with E-state index in [1.165, 1.54) is 23.8 Å². The van der Waals surface area contributed by atoms with Gasteiger partial charge in [0.25, 0.3) is 5.91 Å². The molecule has 0 radical (unpaired) electrons. The highest BCUT2D eigenvalue weighted by atomic mass is 19.4. The molecule has 1 heterocycles. The third-order valence-corrected chi connectivity index (χ3v) is 2.53. The lowest BCUT2D eigenvalue weighted by molar-refractivity contribution is -0.125. The monoisotopic (exact) mass is 344 g/mol. The fraction of sp³-hybridized carbons (Fsp3) is 0.231. The van der Waals surface area contributed by atoms with Gasteiger partial charge in [0.2, 0.25) is 12.3 Å². The van der Waals surface area contributed by atoms with Gasteiger partial charge in [-0.3, -0.25) is 10.1 Å². The standard InChI is InChI=1S/C13H11F3N4O4/c14-13(15,16)6-17-12(22)19-10(21)5-23-9-3-1-8(2-4-9)11-20-18-7-24-11/h1-4,7H,5-6H2,(H2,17,19,21,22). The molecule has 128 valence electrons. The molecular formula is C13H11F3N4O4. The first-order valence-corrected chi connectivity index (χ1v) is 6.47. The highest BCUT2D eigenvalue weighted by Crippen LogP contribution is 2.20. The number of carbonyl (C=O) groups excluding carboxylic acids is 2. The van der Waals surface area contributed by atoms with E-state index in [9.17, 15) is 22.8 Å². The Bertz CT molecular complexity index is 686. The molecule has 0 fully saturated rings. The van der Waals surface area contributed by atoms with Gasteiger partial charge in [-0.2, -0.15) is 13.2 Å². The number of nitrogens with zero attached hydrogens (tertiary/aromatic N) is 2. The van der Waals surface area contributed by atoms with Crippen molar-refractivity contribution in [2.75, 3.05) is 13.2 Å². The molecule has 8 nitrogen and oxygen atoms in total. The summed E-state index contributed by atoms with van der Waals surface area (Å²) >= 11 is 0. The first-order valence-electron chi connectivity index (χ1n) is 6.47. The van der Waals surface area contributed by atoms with Gasteiger partial charge in [-0.25, -0.2) is 4.79 Å². The van der Waals surface area contributed by atoms with Gasteiger partial charge in [-0.1, -0.05) is 0 Å². The number of ether oxygens (including phenoxy) is 1. The average molecular weight is 344 g/mol. The van der Waals surface area contributed by atoms with Crippen molar-refractivity contribution in [2.45, 2.75) is 6.18 Å². The van der Waals surface area contributed by atoms with E-state index in [4.69, 9.17) is 9.15 Å². The molecule has 2 aromatic rings. The van der Waals surface area contributed by atoms with Crippen LogP contribution in [0.15, 0.2) is 35.1 Å². The lowest BCUT2D eigenvalue weighted by Gasteiger charge is -2.09. The molecule has 1 aromatic heterocycles. The highest BCUT2D eigenvalue weighted by molar-refractivity contribution is 5.95. The highest BCUT2D eigenvalue weighted by Gasteiger charge is 2.27. The summed E-state index contributed by atoms with van der Waals surface area (Å²) in [6, 6.07) is 5.01. The molecule has 0 spiro atoms. The molecule has 24 heavy (non-hydrogen) atoms. The third-order valence-electron chi connectivity index (χ3n) is 2.53. The number of rotatable bonds is 5. The number of hydrogen-bond acceptors (Lipinski definition) is 6. The minimum Gasteiger partial charge on any atom is -0.484 e. The van der Waals surface area contributed by atoms with Crippen molar-refractivity contribution in [2.24, 2.45) is 0 Å². The smallest absolute Gasteiger partial charge is 0.405 e. The summed E-state index contributed by atoms with van der Waals surface area (Å²) in [5.41, 5.74) is 0.635. The Kier molecular flexibility index (Phi) is 5.35. The quantitative estimate of drug-likeness (QED) is 0.851. The second-order valence-electron chi connectivity index (χ2n) is 4.40. The Morgan fingerprint density at radius 1 is 1.21 bits per heavy atom. The van der Waals surface area contributed by atoms with Crippen LogP contribution in [0.2, 0.25) is 0 Å². The number of amides is 3. The predicted octanol–water partition coefficient (Wildman–Crippen LogP) is 1.50. The van der Waals surface area contributed by atoms with E-state index in [1.54, 1.807) is 17.4 Å². The van der Waals surface area contributed by atoms with Crippen molar-refractivity contribution in [3.8, 4) is 17.2 Å². The molecule has 11 heteroatoms. The van der Waals surface area contributed by atoms with Gasteiger partial charge in [-0.05, 0) is 24.3 Å². The number of alkyl halides is 3. The molecule has 0 aliphatic heterocycles. The summed E-state index contributed by atoms with van der Waals surface area (Å²) in [5, 5.41) is 10.5. The third kappa shape index (κ3) is 5.59. The zero-order valence-corrected chi connectivity index (χ0v) is 12.0. The number of nitrogens with one attached hydrogen (secondary N) is 2. The van der Waals surface area contributed by atoms with Crippen LogP contribution < -0.4 is 15.4 Å². The summed E-state index contributed by atoms with van der Waals surface area (Å²) < 4.78 is 45.8. The number of aromatic nitrogens is 2. The SMILES string of the molecule is O=C(COc1ccc(-c2nnco2)cc1)NC(=O)NCC(F)(F)F. The Balaban J connectivity index is 1.76.